The molecule has 0 unspecified atom stereocenters. The molecule has 158 valence electrons. The first-order valence-corrected chi connectivity index (χ1v) is 10.7. The van der Waals surface area contributed by atoms with Crippen molar-refractivity contribution in [3.05, 3.63) is 83.2 Å². The summed E-state index contributed by atoms with van der Waals surface area (Å²) in [5, 5.41) is 6.60. The second-order valence-corrected chi connectivity index (χ2v) is 7.18. The van der Waals surface area contributed by atoms with E-state index in [9.17, 15) is 0 Å². The first-order valence-electron chi connectivity index (χ1n) is 10.7. The molecular formula is C25H38N4. The molecule has 4 heteroatoms. The number of nitrogens with one attached hydrogen (secondary N) is 1. The van der Waals surface area contributed by atoms with Crippen molar-refractivity contribution in [3.8, 4) is 0 Å². The van der Waals surface area contributed by atoms with Gasteiger partial charge in [-0.25, -0.2) is 0 Å². The first-order chi connectivity index (χ1) is 14.2. The van der Waals surface area contributed by atoms with Crippen molar-refractivity contribution in [2.75, 3.05) is 25.5 Å². The van der Waals surface area contributed by atoms with Gasteiger partial charge in [0.15, 0.2) is 0 Å². The number of benzene rings is 2. The number of aryl methyl sites for hydroxylation is 1. The fourth-order valence-corrected chi connectivity index (χ4v) is 3.49. The summed E-state index contributed by atoms with van der Waals surface area (Å²) in [6, 6.07) is 19.2. The zero-order valence-corrected chi connectivity index (χ0v) is 18.7. The van der Waals surface area contributed by atoms with Crippen molar-refractivity contribution in [2.45, 2.75) is 46.7 Å². The summed E-state index contributed by atoms with van der Waals surface area (Å²) in [6.07, 6.45) is 4.02. The summed E-state index contributed by atoms with van der Waals surface area (Å²) in [5.74, 6) is 0. The number of hydrogen-bond donors (Lipinski definition) is 1. The predicted molar refractivity (Wildman–Crippen MR) is 126 cm³/mol. The van der Waals surface area contributed by atoms with Crippen molar-refractivity contribution in [2.24, 2.45) is 0 Å². The molecule has 3 aromatic rings. The monoisotopic (exact) mass is 394 g/mol. The number of aromatic amines is 1. The van der Waals surface area contributed by atoms with E-state index in [4.69, 9.17) is 0 Å². The Morgan fingerprint density at radius 3 is 1.97 bits per heavy atom. The fourth-order valence-electron chi connectivity index (χ4n) is 3.49. The summed E-state index contributed by atoms with van der Waals surface area (Å²) in [6.45, 7) is 9.51. The fraction of sp³-hybridized carbons (Fsp3) is 0.400. The van der Waals surface area contributed by atoms with Crippen molar-refractivity contribution in [1.29, 1.82) is 0 Å². The summed E-state index contributed by atoms with van der Waals surface area (Å²) >= 11 is 0. The van der Waals surface area contributed by atoms with Crippen molar-refractivity contribution >= 4 is 5.69 Å². The first kappa shape index (κ1) is 22.7. The number of para-hydroxylation sites is 1. The molecule has 1 N–H and O–H groups in total. The third-order valence-electron chi connectivity index (χ3n) is 5.06. The lowest BCUT2D eigenvalue weighted by atomic mass is 10.1. The van der Waals surface area contributed by atoms with Crippen LogP contribution in [0.4, 0.5) is 5.69 Å². The maximum Gasteiger partial charge on any atom is 0.0490 e. The molecular weight excluding hydrogens is 356 g/mol. The number of H-pyrrole nitrogens is 1. The van der Waals surface area contributed by atoms with Crippen LogP contribution in [0.25, 0.3) is 0 Å². The van der Waals surface area contributed by atoms with Crippen LogP contribution < -0.4 is 4.90 Å². The summed E-state index contributed by atoms with van der Waals surface area (Å²) in [5.41, 5.74) is 7.07. The Labute approximate surface area is 178 Å². The number of likely N-dealkylation sites (N-methyl/N-ethyl adjacent to an activating group) is 1. The number of fused-ring (bicyclic) bond motifs is 2. The van der Waals surface area contributed by atoms with E-state index in [2.05, 4.69) is 89.5 Å². The smallest absolute Gasteiger partial charge is 0.0490 e. The number of hydrogen-bond acceptors (Lipinski definition) is 3. The molecule has 0 bridgehead atoms. The molecule has 4 nitrogen and oxygen atoms in total. The van der Waals surface area contributed by atoms with E-state index in [0.29, 0.717) is 0 Å². The maximum atomic E-state index is 3.77. The lowest BCUT2D eigenvalue weighted by Gasteiger charge is -2.10. The Kier molecular flexibility index (Phi) is 9.45. The number of rotatable bonds is 1. The highest BCUT2D eigenvalue weighted by atomic mass is 15.1. The molecule has 2 aliphatic rings. The minimum Gasteiger partial charge on any atom is -0.374 e. The van der Waals surface area contributed by atoms with Crippen LogP contribution in [0.3, 0.4) is 0 Å². The van der Waals surface area contributed by atoms with Crippen LogP contribution >= 0.6 is 0 Å². The molecule has 2 aliphatic heterocycles. The van der Waals surface area contributed by atoms with Gasteiger partial charge in [0.05, 0.1) is 0 Å². The molecule has 0 radical (unpaired) electrons. The minimum absolute atomic E-state index is 0. The van der Waals surface area contributed by atoms with Crippen molar-refractivity contribution in [3.63, 3.8) is 0 Å². The molecule has 0 spiro atoms. The molecule has 0 saturated heterocycles. The summed E-state index contributed by atoms with van der Waals surface area (Å²) < 4.78 is 0. The van der Waals surface area contributed by atoms with E-state index in [0.717, 1.165) is 19.5 Å². The molecule has 3 heterocycles. The quantitative estimate of drug-likeness (QED) is 0.587. The average Bonchev–Trinajstić information content (AvgIpc) is 3.50. The molecule has 0 atom stereocenters. The van der Waals surface area contributed by atoms with Gasteiger partial charge in [-0.3, -0.25) is 10.00 Å². The molecule has 29 heavy (non-hydrogen) atoms. The van der Waals surface area contributed by atoms with Gasteiger partial charge < -0.3 is 4.90 Å². The largest absolute Gasteiger partial charge is 0.374 e. The van der Waals surface area contributed by atoms with Crippen LogP contribution in [0.2, 0.25) is 0 Å². The van der Waals surface area contributed by atoms with Crippen molar-refractivity contribution < 1.29 is 1.43 Å². The van der Waals surface area contributed by atoms with Crippen LogP contribution in [0.1, 0.15) is 44.6 Å². The van der Waals surface area contributed by atoms with Gasteiger partial charge in [0.2, 0.25) is 0 Å². The third kappa shape index (κ3) is 6.75. The van der Waals surface area contributed by atoms with E-state index < -0.39 is 0 Å². The number of nitrogens with zero attached hydrogens (tertiary/aromatic N) is 3. The predicted octanol–water partition coefficient (Wildman–Crippen LogP) is 5.56. The molecule has 0 amide bonds. The van der Waals surface area contributed by atoms with Crippen LogP contribution in [0.5, 0.6) is 0 Å². The lowest BCUT2D eigenvalue weighted by Crippen LogP contribution is -2.12. The van der Waals surface area contributed by atoms with E-state index >= 15 is 0 Å². The zero-order valence-electron chi connectivity index (χ0n) is 18.7. The van der Waals surface area contributed by atoms with Crippen LogP contribution in [-0.2, 0) is 25.9 Å². The minimum atomic E-state index is 0. The van der Waals surface area contributed by atoms with E-state index in [1.54, 1.807) is 6.20 Å². The second-order valence-electron chi connectivity index (χ2n) is 7.18. The van der Waals surface area contributed by atoms with Gasteiger partial charge in [-0.1, -0.05) is 63.2 Å². The Morgan fingerprint density at radius 2 is 1.48 bits per heavy atom. The van der Waals surface area contributed by atoms with Gasteiger partial charge in [0.1, 0.15) is 0 Å². The van der Waals surface area contributed by atoms with Crippen LogP contribution in [-0.4, -0.2) is 35.7 Å². The number of anilines is 1. The molecule has 2 aromatic carbocycles. The highest BCUT2D eigenvalue weighted by Crippen LogP contribution is 2.25. The highest BCUT2D eigenvalue weighted by Gasteiger charge is 2.13. The topological polar surface area (TPSA) is 35.2 Å². The Bertz CT molecular complexity index is 808. The van der Waals surface area contributed by atoms with Crippen molar-refractivity contribution in [1.82, 2.24) is 15.1 Å². The van der Waals surface area contributed by atoms with Gasteiger partial charge in [-0.2, -0.15) is 5.10 Å². The van der Waals surface area contributed by atoms with Gasteiger partial charge in [-0.15, -0.1) is 0 Å². The zero-order chi connectivity index (χ0) is 21.1. The molecule has 1 aromatic heterocycles. The van der Waals surface area contributed by atoms with Gasteiger partial charge in [0.25, 0.3) is 0 Å². The Balaban J connectivity index is 0.000000216. The normalized spacial score (nSPS) is 13.8. The molecule has 0 saturated carbocycles. The Morgan fingerprint density at radius 1 is 0.897 bits per heavy atom. The third-order valence-corrected chi connectivity index (χ3v) is 5.06. The average molecular weight is 395 g/mol. The van der Waals surface area contributed by atoms with Gasteiger partial charge in [-0.05, 0) is 48.7 Å². The van der Waals surface area contributed by atoms with E-state index in [-0.39, 0.29) is 1.43 Å². The summed E-state index contributed by atoms with van der Waals surface area (Å²) in [4.78, 5) is 4.62. The highest BCUT2D eigenvalue weighted by molar-refractivity contribution is 5.56. The SMILES string of the molecule is CC.CCc1ccn[nH]1.CN1CCc2ccccc21.CN1Cc2ccccc2C1.[HH]. The summed E-state index contributed by atoms with van der Waals surface area (Å²) in [7, 11) is 4.30. The van der Waals surface area contributed by atoms with E-state index in [1.165, 1.54) is 41.0 Å². The molecule has 5 rings (SSSR count). The van der Waals surface area contributed by atoms with Crippen LogP contribution in [0.15, 0.2) is 60.8 Å². The lowest BCUT2D eigenvalue weighted by molar-refractivity contribution is 0.353. The second kappa shape index (κ2) is 12.1. The maximum absolute atomic E-state index is 3.77. The molecule has 0 aliphatic carbocycles. The van der Waals surface area contributed by atoms with Gasteiger partial charge >= 0.3 is 0 Å². The van der Waals surface area contributed by atoms with E-state index in [1.807, 2.05) is 19.9 Å². The standard InChI is InChI=1S/2C9H11N.C5H8N2.C2H6.H2/c1-10-6-8-4-2-3-5-9(8)7-10;1-10-7-6-8-4-2-3-5-9(8)10;1-2-5-3-4-6-7-5;1-2;/h2*2-5H,6-7H2,1H3;3-4H,2H2,1H3,(H,6,7);1-2H3;1H. The number of aromatic nitrogens is 2. The Hall–Kier alpha value is -2.59. The van der Waals surface area contributed by atoms with Crippen LogP contribution in [0, 0.1) is 0 Å². The van der Waals surface area contributed by atoms with Gasteiger partial charge in [0, 0.05) is 45.7 Å². The molecule has 0 fully saturated rings.